The fourth-order valence-corrected chi connectivity index (χ4v) is 3.61. The van der Waals surface area contributed by atoms with E-state index in [-0.39, 0.29) is 6.61 Å². The van der Waals surface area contributed by atoms with Crippen molar-refractivity contribution >= 4 is 16.3 Å². The lowest BCUT2D eigenvalue weighted by Gasteiger charge is -2.06. The molecule has 4 nitrogen and oxygen atoms in total. The van der Waals surface area contributed by atoms with Crippen molar-refractivity contribution in [2.75, 3.05) is 0 Å². The molecule has 0 atom stereocenters. The highest BCUT2D eigenvalue weighted by molar-refractivity contribution is 7.16. The second kappa shape index (κ2) is 6.81. The third-order valence-electron chi connectivity index (χ3n) is 4.08. The zero-order chi connectivity index (χ0) is 16.4. The summed E-state index contributed by atoms with van der Waals surface area (Å²) in [5.41, 5.74) is 3.95. The lowest BCUT2D eigenvalue weighted by molar-refractivity contribution is 0.275. The van der Waals surface area contributed by atoms with Crippen LogP contribution in [0, 0.1) is 0 Å². The topological polar surface area (TPSA) is 50.4 Å². The van der Waals surface area contributed by atoms with E-state index in [1.54, 1.807) is 15.9 Å². The molecule has 2 heterocycles. The smallest absolute Gasteiger partial charge is 0.213 e. The van der Waals surface area contributed by atoms with Gasteiger partial charge < -0.3 is 5.11 Å². The second-order valence-electron chi connectivity index (χ2n) is 6.14. The Balaban J connectivity index is 1.98. The number of aromatic nitrogens is 3. The summed E-state index contributed by atoms with van der Waals surface area (Å²) in [5, 5.41) is 15.5. The monoisotopic (exact) mass is 329 g/mol. The molecule has 1 N–H and O–H groups in total. The van der Waals surface area contributed by atoms with Crippen LogP contribution in [0.4, 0.5) is 0 Å². The minimum atomic E-state index is -0.0562. The first kappa shape index (κ1) is 16.1. The molecule has 23 heavy (non-hydrogen) atoms. The highest BCUT2D eigenvalue weighted by atomic mass is 32.1. The van der Waals surface area contributed by atoms with Crippen LogP contribution >= 0.6 is 11.3 Å². The third kappa shape index (κ3) is 3.16. The van der Waals surface area contributed by atoms with Gasteiger partial charge in [0.15, 0.2) is 0 Å². The number of aliphatic hydroxyl groups is 1. The Labute approximate surface area is 140 Å². The van der Waals surface area contributed by atoms with Gasteiger partial charge in [-0.1, -0.05) is 62.8 Å². The van der Waals surface area contributed by atoms with Crippen LogP contribution in [0.5, 0.6) is 0 Å². The van der Waals surface area contributed by atoms with Crippen LogP contribution in [-0.2, 0) is 13.0 Å². The number of aliphatic hydroxyl groups excluding tert-OH is 1. The van der Waals surface area contributed by atoms with Gasteiger partial charge in [-0.25, -0.2) is 9.50 Å². The van der Waals surface area contributed by atoms with Crippen molar-refractivity contribution in [3.8, 4) is 11.3 Å². The Hall–Kier alpha value is -1.72. The van der Waals surface area contributed by atoms with Crippen LogP contribution in [0.2, 0.25) is 0 Å². The number of unbranched alkanes of at least 4 members (excludes halogenated alkanes) is 1. The number of benzene rings is 1. The van der Waals surface area contributed by atoms with Gasteiger partial charge in [0.05, 0.1) is 18.0 Å². The summed E-state index contributed by atoms with van der Waals surface area (Å²) < 4.78 is 1.81. The Bertz CT molecular complexity index is 787. The van der Waals surface area contributed by atoms with Crippen LogP contribution in [0.25, 0.3) is 16.2 Å². The molecular formula is C18H23N3OS. The third-order valence-corrected chi connectivity index (χ3v) is 5.05. The van der Waals surface area contributed by atoms with Crippen molar-refractivity contribution in [1.82, 2.24) is 14.6 Å². The molecule has 122 valence electrons. The van der Waals surface area contributed by atoms with Crippen molar-refractivity contribution in [3.63, 3.8) is 0 Å². The maximum Gasteiger partial charge on any atom is 0.213 e. The molecule has 0 unspecified atom stereocenters. The number of aryl methyl sites for hydroxylation is 1. The molecule has 0 radical (unpaired) electrons. The first-order chi connectivity index (χ1) is 11.1. The SMILES string of the molecule is CCCCc1nn2c(CO)c(-c3ccc(C(C)C)cc3)nc2s1. The number of imidazole rings is 1. The van der Waals surface area contributed by atoms with Crippen LogP contribution in [0.3, 0.4) is 0 Å². The van der Waals surface area contributed by atoms with E-state index in [1.807, 2.05) is 0 Å². The summed E-state index contributed by atoms with van der Waals surface area (Å²) in [7, 11) is 0. The molecule has 0 saturated heterocycles. The maximum absolute atomic E-state index is 9.80. The number of fused-ring (bicyclic) bond motifs is 1. The average Bonchev–Trinajstić information content (AvgIpc) is 3.09. The molecule has 2 aromatic heterocycles. The molecule has 0 aliphatic rings. The number of hydrogen-bond acceptors (Lipinski definition) is 4. The largest absolute Gasteiger partial charge is 0.390 e. The van der Waals surface area contributed by atoms with Gasteiger partial charge in [-0.3, -0.25) is 0 Å². The quantitative estimate of drug-likeness (QED) is 0.728. The van der Waals surface area contributed by atoms with Crippen molar-refractivity contribution in [3.05, 3.63) is 40.5 Å². The molecule has 1 aromatic carbocycles. The summed E-state index contributed by atoms with van der Waals surface area (Å²) in [6, 6.07) is 8.43. The minimum absolute atomic E-state index is 0.0562. The van der Waals surface area contributed by atoms with E-state index in [0.717, 1.165) is 46.2 Å². The highest BCUT2D eigenvalue weighted by Gasteiger charge is 2.17. The van der Waals surface area contributed by atoms with Crippen molar-refractivity contribution in [2.45, 2.75) is 52.6 Å². The minimum Gasteiger partial charge on any atom is -0.390 e. The standard InChI is InChI=1S/C18H23N3OS/c1-4-5-6-16-20-21-15(11-22)17(19-18(21)23-16)14-9-7-13(8-10-14)12(2)3/h7-10,12,22H,4-6,11H2,1-3H3. The second-order valence-corrected chi connectivity index (χ2v) is 7.18. The molecule has 3 aromatic rings. The van der Waals surface area contributed by atoms with E-state index in [2.05, 4.69) is 50.1 Å². The Morgan fingerprint density at radius 3 is 2.57 bits per heavy atom. The van der Waals surface area contributed by atoms with E-state index in [0.29, 0.717) is 5.92 Å². The number of nitrogens with zero attached hydrogens (tertiary/aromatic N) is 3. The van der Waals surface area contributed by atoms with E-state index in [1.165, 1.54) is 5.56 Å². The molecule has 3 rings (SSSR count). The molecule has 0 aliphatic heterocycles. The fourth-order valence-electron chi connectivity index (χ4n) is 2.66. The molecule has 0 fully saturated rings. The summed E-state index contributed by atoms with van der Waals surface area (Å²) in [6.45, 7) is 6.49. The normalized spacial score (nSPS) is 11.7. The highest BCUT2D eigenvalue weighted by Crippen LogP contribution is 2.28. The van der Waals surface area contributed by atoms with Gasteiger partial charge in [-0.2, -0.15) is 5.10 Å². The first-order valence-corrected chi connectivity index (χ1v) is 9.04. The number of rotatable bonds is 6. The van der Waals surface area contributed by atoms with Crippen molar-refractivity contribution in [1.29, 1.82) is 0 Å². The molecule has 0 saturated carbocycles. The van der Waals surface area contributed by atoms with Gasteiger partial charge in [0.2, 0.25) is 4.96 Å². The van der Waals surface area contributed by atoms with Gasteiger partial charge in [0, 0.05) is 12.0 Å². The predicted molar refractivity (Wildman–Crippen MR) is 94.9 cm³/mol. The van der Waals surface area contributed by atoms with Crippen LogP contribution in [-0.4, -0.2) is 19.7 Å². The van der Waals surface area contributed by atoms with Crippen LogP contribution in [0.15, 0.2) is 24.3 Å². The molecular weight excluding hydrogens is 306 g/mol. The average molecular weight is 329 g/mol. The van der Waals surface area contributed by atoms with Gasteiger partial charge in [0.1, 0.15) is 5.01 Å². The van der Waals surface area contributed by atoms with Gasteiger partial charge in [0.25, 0.3) is 0 Å². The van der Waals surface area contributed by atoms with Crippen molar-refractivity contribution < 1.29 is 5.11 Å². The molecule has 5 heteroatoms. The lowest BCUT2D eigenvalue weighted by Crippen LogP contribution is -1.97. The predicted octanol–water partition coefficient (Wildman–Crippen LogP) is 4.42. The first-order valence-electron chi connectivity index (χ1n) is 8.22. The van der Waals surface area contributed by atoms with E-state index in [9.17, 15) is 5.11 Å². The molecule has 0 spiro atoms. The zero-order valence-electron chi connectivity index (χ0n) is 13.9. The van der Waals surface area contributed by atoms with E-state index in [4.69, 9.17) is 4.98 Å². The summed E-state index contributed by atoms with van der Waals surface area (Å²) in [4.78, 5) is 5.58. The van der Waals surface area contributed by atoms with E-state index >= 15 is 0 Å². The Kier molecular flexibility index (Phi) is 4.78. The fraction of sp³-hybridized carbons (Fsp3) is 0.444. The van der Waals surface area contributed by atoms with Crippen LogP contribution in [0.1, 0.15) is 55.8 Å². The van der Waals surface area contributed by atoms with Crippen LogP contribution < -0.4 is 0 Å². The summed E-state index contributed by atoms with van der Waals surface area (Å²) in [5.74, 6) is 0.509. The number of hydrogen-bond donors (Lipinski definition) is 1. The molecule has 0 aliphatic carbocycles. The zero-order valence-corrected chi connectivity index (χ0v) is 14.7. The lowest BCUT2D eigenvalue weighted by atomic mass is 10.0. The summed E-state index contributed by atoms with van der Waals surface area (Å²) >= 11 is 1.62. The van der Waals surface area contributed by atoms with Gasteiger partial charge >= 0.3 is 0 Å². The Morgan fingerprint density at radius 2 is 1.96 bits per heavy atom. The van der Waals surface area contributed by atoms with Gasteiger partial charge in [-0.15, -0.1) is 0 Å². The van der Waals surface area contributed by atoms with Crippen molar-refractivity contribution in [2.24, 2.45) is 0 Å². The molecule has 0 amide bonds. The van der Waals surface area contributed by atoms with Gasteiger partial charge in [-0.05, 0) is 17.9 Å². The Morgan fingerprint density at radius 1 is 1.22 bits per heavy atom. The summed E-state index contributed by atoms with van der Waals surface area (Å²) in [6.07, 6.45) is 3.27. The maximum atomic E-state index is 9.80. The molecule has 0 bridgehead atoms. The van der Waals surface area contributed by atoms with E-state index < -0.39 is 0 Å².